The maximum Gasteiger partial charge on any atom is 0.337 e. The Morgan fingerprint density at radius 1 is 0.955 bits per heavy atom. The van der Waals surface area contributed by atoms with E-state index in [1.807, 2.05) is 41.0 Å². The van der Waals surface area contributed by atoms with Gasteiger partial charge >= 0.3 is 11.7 Å². The molecule has 5 aromatic rings. The highest BCUT2D eigenvalue weighted by molar-refractivity contribution is 6.00. The van der Waals surface area contributed by atoms with Crippen molar-refractivity contribution in [2.24, 2.45) is 20.0 Å². The van der Waals surface area contributed by atoms with Crippen molar-refractivity contribution in [3.05, 3.63) is 121 Å². The van der Waals surface area contributed by atoms with Crippen LogP contribution in [0.5, 0.6) is 0 Å². The van der Waals surface area contributed by atoms with Crippen LogP contribution in [0, 0.1) is 16.0 Å². The first-order valence-corrected chi connectivity index (χ1v) is 14.2. The molecule has 0 unspecified atom stereocenters. The van der Waals surface area contributed by atoms with E-state index in [0.717, 1.165) is 21.4 Å². The van der Waals surface area contributed by atoms with Crippen molar-refractivity contribution < 1.29 is 14.5 Å². The Morgan fingerprint density at radius 3 is 2.25 bits per heavy atom. The number of hydrogen-bond donors (Lipinski definition) is 0. The van der Waals surface area contributed by atoms with E-state index in [9.17, 15) is 24.5 Å². The molecule has 11 heteroatoms. The maximum absolute atomic E-state index is 14.0. The predicted molar refractivity (Wildman–Crippen MR) is 168 cm³/mol. The molecule has 3 heterocycles. The summed E-state index contributed by atoms with van der Waals surface area (Å²) in [5, 5.41) is 11.9. The van der Waals surface area contributed by atoms with Crippen LogP contribution >= 0.6 is 0 Å². The van der Waals surface area contributed by atoms with Crippen LogP contribution in [0.2, 0.25) is 0 Å². The molecule has 0 aliphatic carbocycles. The summed E-state index contributed by atoms with van der Waals surface area (Å²) < 4.78 is 9.60. The summed E-state index contributed by atoms with van der Waals surface area (Å²) >= 11 is 0. The van der Waals surface area contributed by atoms with E-state index >= 15 is 0 Å². The fraction of sp³-hybridized carbons (Fsp3) is 0.242. The van der Waals surface area contributed by atoms with Gasteiger partial charge in [0.25, 0.3) is 11.2 Å². The van der Waals surface area contributed by atoms with Crippen molar-refractivity contribution in [2.75, 3.05) is 18.6 Å². The molecule has 0 fully saturated rings. The minimum absolute atomic E-state index is 0.0467. The van der Waals surface area contributed by atoms with Crippen LogP contribution in [-0.4, -0.2) is 38.2 Å². The summed E-state index contributed by atoms with van der Waals surface area (Å²) in [6, 6.07) is 20.6. The monoisotopic (exact) mass is 593 g/mol. The van der Waals surface area contributed by atoms with Crippen molar-refractivity contribution >= 4 is 28.2 Å². The molecule has 0 amide bonds. The number of non-ortho nitro benzene ring substituents is 1. The minimum atomic E-state index is -0.549. The number of nitro benzene ring substituents is 1. The van der Waals surface area contributed by atoms with Crippen LogP contribution < -0.4 is 16.1 Å². The molecule has 3 aromatic carbocycles. The molecule has 44 heavy (non-hydrogen) atoms. The fourth-order valence-electron chi connectivity index (χ4n) is 6.26. The van der Waals surface area contributed by atoms with Gasteiger partial charge in [0.2, 0.25) is 0 Å². The molecule has 224 valence electrons. The highest BCUT2D eigenvalue weighted by Gasteiger charge is 2.39. The third-order valence-electron chi connectivity index (χ3n) is 8.15. The number of rotatable bonds is 6. The second-order valence-corrected chi connectivity index (χ2v) is 11.4. The van der Waals surface area contributed by atoms with Gasteiger partial charge in [-0.05, 0) is 47.4 Å². The zero-order chi connectivity index (χ0) is 31.4. The van der Waals surface area contributed by atoms with Gasteiger partial charge in [-0.2, -0.15) is 0 Å². The second kappa shape index (κ2) is 10.7. The molecule has 0 spiro atoms. The Kier molecular flexibility index (Phi) is 6.95. The van der Waals surface area contributed by atoms with Gasteiger partial charge in [0.1, 0.15) is 0 Å². The Hall–Kier alpha value is -5.45. The van der Waals surface area contributed by atoms with Gasteiger partial charge in [-0.25, -0.2) is 9.59 Å². The number of nitro groups is 1. The molecule has 0 bridgehead atoms. The number of aryl methyl sites for hydroxylation is 1. The number of aromatic nitrogens is 3. The molecular weight excluding hydrogens is 562 g/mol. The first kappa shape index (κ1) is 28.7. The van der Waals surface area contributed by atoms with Gasteiger partial charge in [0.05, 0.1) is 57.3 Å². The van der Waals surface area contributed by atoms with Crippen LogP contribution in [-0.2, 0) is 18.8 Å². The number of anilines is 1. The lowest BCUT2D eigenvalue weighted by Gasteiger charge is -2.42. The van der Waals surface area contributed by atoms with Crippen molar-refractivity contribution in [3.63, 3.8) is 0 Å². The molecule has 1 aliphatic heterocycles. The van der Waals surface area contributed by atoms with Gasteiger partial charge in [0.15, 0.2) is 0 Å². The highest BCUT2D eigenvalue weighted by Crippen LogP contribution is 2.49. The fourth-order valence-corrected chi connectivity index (χ4v) is 6.26. The summed E-state index contributed by atoms with van der Waals surface area (Å²) in [5.41, 5.74) is 3.93. The standard InChI is InChI=1S/C33H31N5O6/c1-19(2)18-36-24-16-13-22(32(40)44-5)17-25(24)37-27(20-9-7-6-8-10-20)26-29(34(3)33(41)35(4)31(26)39)30(37)28(36)21-11-14-23(15-12-21)38(42)43/h6-17,19,28H,18H2,1-5H3/t28-/m1/s1. The molecule has 6 rings (SSSR count). The molecular formula is C33H31N5O6. The summed E-state index contributed by atoms with van der Waals surface area (Å²) in [4.78, 5) is 53.5. The molecule has 0 radical (unpaired) electrons. The van der Waals surface area contributed by atoms with Crippen LogP contribution in [0.4, 0.5) is 11.4 Å². The summed E-state index contributed by atoms with van der Waals surface area (Å²) in [6.45, 7) is 4.74. The van der Waals surface area contributed by atoms with Crippen LogP contribution in [0.25, 0.3) is 27.8 Å². The first-order valence-electron chi connectivity index (χ1n) is 14.2. The van der Waals surface area contributed by atoms with E-state index in [4.69, 9.17) is 4.74 Å². The van der Waals surface area contributed by atoms with E-state index in [1.54, 1.807) is 31.3 Å². The normalized spacial score (nSPS) is 14.0. The van der Waals surface area contributed by atoms with Gasteiger partial charge < -0.3 is 14.2 Å². The van der Waals surface area contributed by atoms with Crippen molar-refractivity contribution in [1.29, 1.82) is 0 Å². The Balaban J connectivity index is 1.85. The molecule has 11 nitrogen and oxygen atoms in total. The number of fused-ring (bicyclic) bond motifs is 5. The smallest absolute Gasteiger partial charge is 0.337 e. The number of hydrogen-bond acceptors (Lipinski definition) is 7. The number of nitrogens with zero attached hydrogens (tertiary/aromatic N) is 5. The zero-order valence-corrected chi connectivity index (χ0v) is 25.0. The van der Waals surface area contributed by atoms with E-state index in [1.165, 1.54) is 30.9 Å². The highest BCUT2D eigenvalue weighted by atomic mass is 16.6. The lowest BCUT2D eigenvalue weighted by molar-refractivity contribution is -0.384. The predicted octanol–water partition coefficient (Wildman–Crippen LogP) is 4.96. The molecule has 0 saturated heterocycles. The van der Waals surface area contributed by atoms with E-state index in [0.29, 0.717) is 40.1 Å². The largest absolute Gasteiger partial charge is 0.465 e. The first-order chi connectivity index (χ1) is 21.0. The number of methoxy groups -OCH3 is 1. The molecule has 0 N–H and O–H groups in total. The van der Waals surface area contributed by atoms with Crippen LogP contribution in [0.15, 0.2) is 82.4 Å². The quantitative estimate of drug-likeness (QED) is 0.155. The third-order valence-corrected chi connectivity index (χ3v) is 8.15. The van der Waals surface area contributed by atoms with Gasteiger partial charge in [-0.3, -0.25) is 24.0 Å². The topological polar surface area (TPSA) is 122 Å². The number of ether oxygens (including phenoxy) is 1. The second-order valence-electron chi connectivity index (χ2n) is 11.4. The molecule has 1 aliphatic rings. The number of esters is 1. The maximum atomic E-state index is 14.0. The van der Waals surface area contributed by atoms with Crippen LogP contribution in [0.1, 0.15) is 41.5 Å². The average molecular weight is 594 g/mol. The Bertz CT molecular complexity index is 2070. The Labute approximate surface area is 252 Å². The number of benzene rings is 3. The van der Waals surface area contributed by atoms with E-state index in [2.05, 4.69) is 18.7 Å². The van der Waals surface area contributed by atoms with Gasteiger partial charge in [0, 0.05) is 32.8 Å². The molecule has 1 atom stereocenters. The zero-order valence-electron chi connectivity index (χ0n) is 25.0. The lowest BCUT2D eigenvalue weighted by atomic mass is 9.95. The van der Waals surface area contributed by atoms with E-state index in [-0.39, 0.29) is 11.6 Å². The minimum Gasteiger partial charge on any atom is -0.465 e. The SMILES string of the molecule is COC(=O)c1ccc2c(c1)-n1c(-c3ccccc3)c3c(=O)n(C)c(=O)n(C)c3c1[C@@H](c1ccc([N+](=O)[O-])cc1)N2CC(C)C. The molecule has 0 saturated carbocycles. The van der Waals surface area contributed by atoms with Gasteiger partial charge in [-0.15, -0.1) is 0 Å². The Morgan fingerprint density at radius 2 is 1.64 bits per heavy atom. The summed E-state index contributed by atoms with van der Waals surface area (Å²) in [5.74, 6) is -0.328. The average Bonchev–Trinajstić information content (AvgIpc) is 3.38. The van der Waals surface area contributed by atoms with Crippen molar-refractivity contribution in [2.45, 2.75) is 19.9 Å². The number of carbonyl (C=O) groups is 1. The van der Waals surface area contributed by atoms with E-state index < -0.39 is 28.2 Å². The van der Waals surface area contributed by atoms with Crippen molar-refractivity contribution in [1.82, 2.24) is 13.7 Å². The summed E-state index contributed by atoms with van der Waals surface area (Å²) in [7, 11) is 4.42. The van der Waals surface area contributed by atoms with Crippen molar-refractivity contribution in [3.8, 4) is 16.9 Å². The lowest BCUT2D eigenvalue weighted by Crippen LogP contribution is -2.39. The summed E-state index contributed by atoms with van der Waals surface area (Å²) in [6.07, 6.45) is 0. The molecule has 2 aromatic heterocycles. The number of carbonyl (C=O) groups excluding carboxylic acids is 1. The van der Waals surface area contributed by atoms with Crippen LogP contribution in [0.3, 0.4) is 0 Å². The third kappa shape index (κ3) is 4.31. The van der Waals surface area contributed by atoms with Gasteiger partial charge in [-0.1, -0.05) is 44.2 Å².